The van der Waals surface area contributed by atoms with Gasteiger partial charge in [0.05, 0.1) is 0 Å². The van der Waals surface area contributed by atoms with Crippen LogP contribution in [0.1, 0.15) is 52.4 Å². The van der Waals surface area contributed by atoms with Gasteiger partial charge < -0.3 is 10.2 Å². The Hall–Kier alpha value is -0.0800. The van der Waals surface area contributed by atoms with Gasteiger partial charge in [0.15, 0.2) is 0 Å². The van der Waals surface area contributed by atoms with Gasteiger partial charge in [0, 0.05) is 0 Å². The molecule has 17 heavy (non-hydrogen) atoms. The van der Waals surface area contributed by atoms with E-state index in [1.165, 1.54) is 64.7 Å². The SMILES string of the molecule is CCCCC(CC)CNCC1CCN(C)CC1. The molecule has 1 fully saturated rings. The smallest absolute Gasteiger partial charge is 0.00187 e. The van der Waals surface area contributed by atoms with E-state index < -0.39 is 0 Å². The Morgan fingerprint density at radius 3 is 2.53 bits per heavy atom. The van der Waals surface area contributed by atoms with E-state index in [0.717, 1.165) is 11.8 Å². The third-order valence-corrected chi connectivity index (χ3v) is 4.25. The zero-order valence-corrected chi connectivity index (χ0v) is 12.2. The van der Waals surface area contributed by atoms with Crippen LogP contribution in [0.15, 0.2) is 0 Å². The molecular formula is C15H32N2. The Morgan fingerprint density at radius 2 is 1.94 bits per heavy atom. The van der Waals surface area contributed by atoms with Gasteiger partial charge in [-0.2, -0.15) is 0 Å². The first kappa shape index (κ1) is 15.0. The summed E-state index contributed by atoms with van der Waals surface area (Å²) in [6.45, 7) is 9.69. The fourth-order valence-electron chi connectivity index (χ4n) is 2.70. The molecule has 1 heterocycles. The zero-order chi connectivity index (χ0) is 12.5. The minimum atomic E-state index is 0.904. The molecule has 1 atom stereocenters. The molecule has 1 N–H and O–H groups in total. The van der Waals surface area contributed by atoms with Crippen molar-refractivity contribution in [2.75, 3.05) is 33.2 Å². The topological polar surface area (TPSA) is 15.3 Å². The number of piperidine rings is 1. The molecule has 1 saturated heterocycles. The van der Waals surface area contributed by atoms with E-state index >= 15 is 0 Å². The van der Waals surface area contributed by atoms with Crippen LogP contribution in [-0.4, -0.2) is 38.1 Å². The lowest BCUT2D eigenvalue weighted by molar-refractivity contribution is 0.214. The van der Waals surface area contributed by atoms with Gasteiger partial charge in [0.25, 0.3) is 0 Å². The van der Waals surface area contributed by atoms with Crippen LogP contribution in [-0.2, 0) is 0 Å². The van der Waals surface area contributed by atoms with E-state index in [1.807, 2.05) is 0 Å². The summed E-state index contributed by atoms with van der Waals surface area (Å²) in [6.07, 6.45) is 8.25. The van der Waals surface area contributed by atoms with Gasteiger partial charge in [-0.05, 0) is 64.3 Å². The lowest BCUT2D eigenvalue weighted by Crippen LogP contribution is -2.36. The van der Waals surface area contributed by atoms with Gasteiger partial charge >= 0.3 is 0 Å². The predicted molar refractivity (Wildman–Crippen MR) is 76.4 cm³/mol. The van der Waals surface area contributed by atoms with Crippen molar-refractivity contribution in [2.45, 2.75) is 52.4 Å². The molecule has 2 nitrogen and oxygen atoms in total. The minimum absolute atomic E-state index is 0.904. The summed E-state index contributed by atoms with van der Waals surface area (Å²) in [4.78, 5) is 2.45. The van der Waals surface area contributed by atoms with E-state index in [4.69, 9.17) is 0 Å². The Morgan fingerprint density at radius 1 is 1.24 bits per heavy atom. The maximum absolute atomic E-state index is 3.71. The van der Waals surface area contributed by atoms with Gasteiger partial charge in [0.1, 0.15) is 0 Å². The summed E-state index contributed by atoms with van der Waals surface area (Å²) in [7, 11) is 2.24. The molecule has 0 amide bonds. The summed E-state index contributed by atoms with van der Waals surface area (Å²) in [5, 5.41) is 3.71. The fraction of sp³-hybridized carbons (Fsp3) is 1.00. The minimum Gasteiger partial charge on any atom is -0.316 e. The Labute approximate surface area is 108 Å². The van der Waals surface area contributed by atoms with Crippen LogP contribution in [0, 0.1) is 11.8 Å². The van der Waals surface area contributed by atoms with Gasteiger partial charge in [-0.25, -0.2) is 0 Å². The molecule has 0 aromatic carbocycles. The average Bonchev–Trinajstić information content (AvgIpc) is 2.36. The molecule has 0 aromatic rings. The highest BCUT2D eigenvalue weighted by atomic mass is 15.1. The van der Waals surface area contributed by atoms with E-state index in [-0.39, 0.29) is 0 Å². The van der Waals surface area contributed by atoms with Crippen LogP contribution in [0.5, 0.6) is 0 Å². The summed E-state index contributed by atoms with van der Waals surface area (Å²) >= 11 is 0. The normalized spacial score (nSPS) is 20.6. The van der Waals surface area contributed by atoms with Crippen molar-refractivity contribution in [1.82, 2.24) is 10.2 Å². The van der Waals surface area contributed by atoms with Crippen molar-refractivity contribution >= 4 is 0 Å². The second-order valence-electron chi connectivity index (χ2n) is 5.82. The van der Waals surface area contributed by atoms with Crippen LogP contribution in [0.4, 0.5) is 0 Å². The summed E-state index contributed by atoms with van der Waals surface area (Å²) in [5.74, 6) is 1.83. The molecule has 1 aliphatic heterocycles. The van der Waals surface area contributed by atoms with Crippen molar-refractivity contribution in [3.05, 3.63) is 0 Å². The van der Waals surface area contributed by atoms with Crippen LogP contribution in [0.25, 0.3) is 0 Å². The Balaban J connectivity index is 2.05. The highest BCUT2D eigenvalue weighted by Crippen LogP contribution is 2.16. The maximum Gasteiger partial charge on any atom is -0.00187 e. The number of hydrogen-bond donors (Lipinski definition) is 1. The number of rotatable bonds is 8. The molecular weight excluding hydrogens is 208 g/mol. The highest BCUT2D eigenvalue weighted by Gasteiger charge is 2.16. The van der Waals surface area contributed by atoms with Gasteiger partial charge in [0.2, 0.25) is 0 Å². The molecule has 102 valence electrons. The second kappa shape index (κ2) is 8.93. The first-order valence-corrected chi connectivity index (χ1v) is 7.65. The molecule has 0 saturated carbocycles. The quantitative estimate of drug-likeness (QED) is 0.701. The van der Waals surface area contributed by atoms with Crippen LogP contribution < -0.4 is 5.32 Å². The molecule has 0 aromatic heterocycles. The molecule has 1 aliphatic rings. The number of nitrogens with one attached hydrogen (secondary N) is 1. The molecule has 2 heteroatoms. The van der Waals surface area contributed by atoms with Crippen LogP contribution >= 0.6 is 0 Å². The summed E-state index contributed by atoms with van der Waals surface area (Å²) in [5.41, 5.74) is 0. The number of likely N-dealkylation sites (tertiary alicyclic amines) is 1. The van der Waals surface area contributed by atoms with E-state index in [0.29, 0.717) is 0 Å². The van der Waals surface area contributed by atoms with Gasteiger partial charge in [-0.15, -0.1) is 0 Å². The maximum atomic E-state index is 3.71. The molecule has 0 bridgehead atoms. The van der Waals surface area contributed by atoms with E-state index in [9.17, 15) is 0 Å². The highest BCUT2D eigenvalue weighted by molar-refractivity contribution is 4.72. The van der Waals surface area contributed by atoms with Crippen LogP contribution in [0.3, 0.4) is 0 Å². The molecule has 1 rings (SSSR count). The summed E-state index contributed by atoms with van der Waals surface area (Å²) in [6, 6.07) is 0. The second-order valence-corrected chi connectivity index (χ2v) is 5.82. The Kier molecular flexibility index (Phi) is 7.87. The van der Waals surface area contributed by atoms with Crippen LogP contribution in [0.2, 0.25) is 0 Å². The van der Waals surface area contributed by atoms with Crippen molar-refractivity contribution in [3.63, 3.8) is 0 Å². The number of hydrogen-bond acceptors (Lipinski definition) is 2. The lowest BCUT2D eigenvalue weighted by Gasteiger charge is -2.29. The van der Waals surface area contributed by atoms with Crippen molar-refractivity contribution in [3.8, 4) is 0 Å². The first-order valence-electron chi connectivity index (χ1n) is 7.65. The first-order chi connectivity index (χ1) is 8.26. The molecule has 0 radical (unpaired) electrons. The fourth-order valence-corrected chi connectivity index (χ4v) is 2.70. The van der Waals surface area contributed by atoms with Crippen molar-refractivity contribution in [1.29, 1.82) is 0 Å². The average molecular weight is 240 g/mol. The van der Waals surface area contributed by atoms with E-state index in [2.05, 4.69) is 31.1 Å². The molecule has 1 unspecified atom stereocenters. The third kappa shape index (κ3) is 6.42. The predicted octanol–water partition coefficient (Wildman–Crippen LogP) is 3.13. The lowest BCUT2D eigenvalue weighted by atomic mass is 9.96. The van der Waals surface area contributed by atoms with Gasteiger partial charge in [-0.1, -0.05) is 33.1 Å². The third-order valence-electron chi connectivity index (χ3n) is 4.25. The number of unbranched alkanes of at least 4 members (excludes halogenated alkanes) is 1. The number of nitrogens with zero attached hydrogens (tertiary/aromatic N) is 1. The van der Waals surface area contributed by atoms with Crippen molar-refractivity contribution in [2.24, 2.45) is 11.8 Å². The zero-order valence-electron chi connectivity index (χ0n) is 12.2. The van der Waals surface area contributed by atoms with Gasteiger partial charge in [-0.3, -0.25) is 0 Å². The summed E-state index contributed by atoms with van der Waals surface area (Å²) < 4.78 is 0. The largest absolute Gasteiger partial charge is 0.316 e. The van der Waals surface area contributed by atoms with Crippen molar-refractivity contribution < 1.29 is 0 Å². The monoisotopic (exact) mass is 240 g/mol. The molecule has 0 aliphatic carbocycles. The standard InChI is InChI=1S/C15H32N2/c1-4-6-7-14(5-2)12-16-13-15-8-10-17(3)11-9-15/h14-16H,4-13H2,1-3H3. The van der Waals surface area contributed by atoms with E-state index in [1.54, 1.807) is 0 Å². The Bertz CT molecular complexity index is 169. The molecule has 0 spiro atoms.